The van der Waals surface area contributed by atoms with Crippen LogP contribution in [-0.2, 0) is 4.74 Å². The molecule has 0 fully saturated rings. The first-order chi connectivity index (χ1) is 8.24. The Morgan fingerprint density at radius 2 is 2.00 bits per heavy atom. The van der Waals surface area contributed by atoms with Crippen molar-refractivity contribution in [3.05, 3.63) is 48.2 Å². The highest BCUT2D eigenvalue weighted by Gasteiger charge is 2.18. The van der Waals surface area contributed by atoms with Crippen molar-refractivity contribution in [2.24, 2.45) is 0 Å². The Labute approximate surface area is 99.0 Å². The Kier molecular flexibility index (Phi) is 3.14. The molecule has 17 heavy (non-hydrogen) atoms. The van der Waals surface area contributed by atoms with Gasteiger partial charge in [-0.15, -0.1) is 0 Å². The number of benzene rings is 1. The second-order valence-electron chi connectivity index (χ2n) is 3.51. The van der Waals surface area contributed by atoms with Crippen LogP contribution in [0.3, 0.4) is 0 Å². The van der Waals surface area contributed by atoms with Crippen LogP contribution in [0.1, 0.15) is 17.3 Å². The smallest absolute Gasteiger partial charge is 0.340 e. The summed E-state index contributed by atoms with van der Waals surface area (Å²) < 4.78 is 5.87. The van der Waals surface area contributed by atoms with Gasteiger partial charge in [0.1, 0.15) is 5.69 Å². The molecule has 2 rings (SSSR count). The van der Waals surface area contributed by atoms with Gasteiger partial charge < -0.3 is 9.94 Å². The topological polar surface area (TPSA) is 51.5 Å². The molecule has 0 spiro atoms. The first-order valence-corrected chi connectivity index (χ1v) is 5.37. The first-order valence-electron chi connectivity index (χ1n) is 5.37. The average molecular weight is 231 g/mol. The van der Waals surface area contributed by atoms with E-state index in [9.17, 15) is 10.0 Å². The van der Waals surface area contributed by atoms with Gasteiger partial charge in [0.15, 0.2) is 0 Å². The number of esters is 1. The normalized spacial score (nSPS) is 10.2. The van der Waals surface area contributed by atoms with E-state index in [1.54, 1.807) is 13.0 Å². The Balaban J connectivity index is 2.47. The van der Waals surface area contributed by atoms with Crippen molar-refractivity contribution in [3.63, 3.8) is 0 Å². The SMILES string of the molecule is CCOC(=O)c1ccn(O)c1-c1ccccc1. The maximum Gasteiger partial charge on any atom is 0.340 e. The molecule has 88 valence electrons. The van der Waals surface area contributed by atoms with Crippen LogP contribution < -0.4 is 0 Å². The Hall–Kier alpha value is -2.23. The summed E-state index contributed by atoms with van der Waals surface area (Å²) >= 11 is 0. The molecule has 1 heterocycles. The highest BCUT2D eigenvalue weighted by Crippen LogP contribution is 2.24. The minimum atomic E-state index is -0.431. The second kappa shape index (κ2) is 4.74. The molecule has 0 radical (unpaired) electrons. The van der Waals surface area contributed by atoms with Crippen LogP contribution >= 0.6 is 0 Å². The zero-order valence-corrected chi connectivity index (χ0v) is 9.46. The van der Waals surface area contributed by atoms with Crippen molar-refractivity contribution >= 4 is 5.97 Å². The fourth-order valence-electron chi connectivity index (χ4n) is 1.68. The summed E-state index contributed by atoms with van der Waals surface area (Å²) in [5.74, 6) is -0.431. The predicted molar refractivity (Wildman–Crippen MR) is 63.0 cm³/mol. The van der Waals surface area contributed by atoms with E-state index < -0.39 is 5.97 Å². The monoisotopic (exact) mass is 231 g/mol. The van der Waals surface area contributed by atoms with Crippen molar-refractivity contribution < 1.29 is 14.7 Å². The molecule has 1 aromatic heterocycles. The number of carbonyl (C=O) groups is 1. The van der Waals surface area contributed by atoms with E-state index in [2.05, 4.69) is 0 Å². The molecule has 0 aliphatic carbocycles. The van der Waals surface area contributed by atoms with Crippen LogP contribution in [0.4, 0.5) is 0 Å². The number of rotatable bonds is 3. The largest absolute Gasteiger partial charge is 0.462 e. The summed E-state index contributed by atoms with van der Waals surface area (Å²) in [5.41, 5.74) is 1.58. The number of carbonyl (C=O) groups excluding carboxylic acids is 1. The summed E-state index contributed by atoms with van der Waals surface area (Å²) in [5, 5.41) is 9.71. The molecule has 0 amide bonds. The lowest BCUT2D eigenvalue weighted by molar-refractivity contribution is 0.0525. The van der Waals surface area contributed by atoms with Crippen LogP contribution in [0, 0.1) is 0 Å². The van der Waals surface area contributed by atoms with Crippen LogP contribution in [0.5, 0.6) is 0 Å². The summed E-state index contributed by atoms with van der Waals surface area (Å²) in [7, 11) is 0. The molecule has 0 unspecified atom stereocenters. The van der Waals surface area contributed by atoms with E-state index in [1.807, 2.05) is 30.3 Å². The van der Waals surface area contributed by atoms with E-state index in [0.717, 1.165) is 10.3 Å². The predicted octanol–water partition coefficient (Wildman–Crippen LogP) is 2.57. The van der Waals surface area contributed by atoms with Gasteiger partial charge in [-0.3, -0.25) is 0 Å². The standard InChI is InChI=1S/C13H13NO3/c1-2-17-13(15)11-8-9-14(16)12(11)10-6-4-3-5-7-10/h3-9,16H,2H2,1H3. The maximum absolute atomic E-state index is 11.7. The van der Waals surface area contributed by atoms with Gasteiger partial charge in [0.2, 0.25) is 0 Å². The molecule has 4 nitrogen and oxygen atoms in total. The molecule has 0 saturated carbocycles. The number of nitrogens with zero attached hydrogens (tertiary/aromatic N) is 1. The molecule has 4 heteroatoms. The van der Waals surface area contributed by atoms with Crippen LogP contribution in [0.15, 0.2) is 42.6 Å². The molecule has 0 aliphatic rings. The van der Waals surface area contributed by atoms with Crippen LogP contribution in [-0.4, -0.2) is 22.5 Å². The quantitative estimate of drug-likeness (QED) is 0.652. The molecule has 1 aromatic carbocycles. The van der Waals surface area contributed by atoms with Crippen LogP contribution in [0.25, 0.3) is 11.3 Å². The van der Waals surface area contributed by atoms with Crippen molar-refractivity contribution in [1.29, 1.82) is 0 Å². The molecular weight excluding hydrogens is 218 g/mol. The molecule has 0 atom stereocenters. The van der Waals surface area contributed by atoms with Crippen molar-refractivity contribution in [2.75, 3.05) is 6.61 Å². The van der Waals surface area contributed by atoms with E-state index in [1.165, 1.54) is 6.20 Å². The lowest BCUT2D eigenvalue weighted by Gasteiger charge is -2.06. The van der Waals surface area contributed by atoms with E-state index in [0.29, 0.717) is 17.9 Å². The molecule has 0 aliphatic heterocycles. The molecule has 0 saturated heterocycles. The minimum Gasteiger partial charge on any atom is -0.462 e. The van der Waals surface area contributed by atoms with Gasteiger partial charge in [0.05, 0.1) is 12.2 Å². The van der Waals surface area contributed by atoms with E-state index in [-0.39, 0.29) is 0 Å². The van der Waals surface area contributed by atoms with Gasteiger partial charge >= 0.3 is 5.97 Å². The van der Waals surface area contributed by atoms with Gasteiger partial charge in [0, 0.05) is 11.8 Å². The maximum atomic E-state index is 11.7. The Morgan fingerprint density at radius 1 is 1.29 bits per heavy atom. The number of hydrogen-bond acceptors (Lipinski definition) is 3. The van der Waals surface area contributed by atoms with E-state index in [4.69, 9.17) is 4.74 Å². The summed E-state index contributed by atoms with van der Waals surface area (Å²) in [6.07, 6.45) is 1.43. The number of ether oxygens (including phenoxy) is 1. The van der Waals surface area contributed by atoms with Gasteiger partial charge in [0.25, 0.3) is 0 Å². The zero-order chi connectivity index (χ0) is 12.3. The Morgan fingerprint density at radius 3 is 2.65 bits per heavy atom. The molecular formula is C13H13NO3. The fraction of sp³-hybridized carbons (Fsp3) is 0.154. The molecule has 1 N–H and O–H groups in total. The third-order valence-corrected chi connectivity index (χ3v) is 2.41. The second-order valence-corrected chi connectivity index (χ2v) is 3.51. The minimum absolute atomic E-state index is 0.309. The van der Waals surface area contributed by atoms with Gasteiger partial charge in [-0.05, 0) is 13.0 Å². The summed E-state index contributed by atoms with van der Waals surface area (Å²) in [4.78, 5) is 11.7. The third-order valence-electron chi connectivity index (χ3n) is 2.41. The highest BCUT2D eigenvalue weighted by molar-refractivity contribution is 5.96. The molecule has 0 bridgehead atoms. The van der Waals surface area contributed by atoms with Gasteiger partial charge in [-0.2, -0.15) is 4.73 Å². The summed E-state index contributed by atoms with van der Waals surface area (Å²) in [6, 6.07) is 10.8. The zero-order valence-electron chi connectivity index (χ0n) is 9.46. The summed E-state index contributed by atoms with van der Waals surface area (Å²) in [6.45, 7) is 2.06. The van der Waals surface area contributed by atoms with Crippen molar-refractivity contribution in [3.8, 4) is 11.3 Å². The average Bonchev–Trinajstić information content (AvgIpc) is 2.73. The van der Waals surface area contributed by atoms with Gasteiger partial charge in [-0.25, -0.2) is 4.79 Å². The Bertz CT molecular complexity index is 517. The number of hydrogen-bond donors (Lipinski definition) is 1. The lowest BCUT2D eigenvalue weighted by Crippen LogP contribution is -2.06. The third kappa shape index (κ3) is 2.15. The highest BCUT2D eigenvalue weighted by atomic mass is 16.5. The fourth-order valence-corrected chi connectivity index (χ4v) is 1.68. The van der Waals surface area contributed by atoms with Crippen molar-refractivity contribution in [2.45, 2.75) is 6.92 Å². The molecule has 2 aromatic rings. The van der Waals surface area contributed by atoms with Gasteiger partial charge in [-0.1, -0.05) is 30.3 Å². The van der Waals surface area contributed by atoms with Crippen molar-refractivity contribution in [1.82, 2.24) is 4.73 Å². The van der Waals surface area contributed by atoms with Crippen LogP contribution in [0.2, 0.25) is 0 Å². The first kappa shape index (κ1) is 11.3. The lowest BCUT2D eigenvalue weighted by atomic mass is 10.1. The van der Waals surface area contributed by atoms with E-state index >= 15 is 0 Å². The number of aromatic nitrogens is 1.